The molecule has 3 aromatic rings. The number of rotatable bonds is 6. The molecule has 25 heavy (non-hydrogen) atoms. The number of thioether (sulfide) groups is 1. The molecule has 1 amide bonds. The Labute approximate surface area is 155 Å². The molecule has 0 aliphatic carbocycles. The summed E-state index contributed by atoms with van der Waals surface area (Å²) in [5.41, 5.74) is 5.00. The number of carbonyl (C=O) groups is 1. The molecule has 0 fully saturated rings. The first-order valence-corrected chi connectivity index (χ1v) is 9.74. The SMILES string of the molecule is Cc1ccc([C@H](NC(=O)[C@H](C)Sc2nncs2)c2ccccc2)cc1. The highest BCUT2D eigenvalue weighted by atomic mass is 32.2. The van der Waals surface area contributed by atoms with Crippen LogP contribution < -0.4 is 5.32 Å². The first kappa shape index (κ1) is 17.6. The summed E-state index contributed by atoms with van der Waals surface area (Å²) in [5.74, 6) is -0.0189. The molecule has 0 radical (unpaired) electrons. The summed E-state index contributed by atoms with van der Waals surface area (Å²) in [5, 5.41) is 10.7. The second-order valence-electron chi connectivity index (χ2n) is 5.73. The van der Waals surface area contributed by atoms with Gasteiger partial charge in [-0.25, -0.2) is 0 Å². The Morgan fingerprint density at radius 1 is 1.08 bits per heavy atom. The highest BCUT2D eigenvalue weighted by Crippen LogP contribution is 2.27. The van der Waals surface area contributed by atoms with E-state index in [1.54, 1.807) is 5.51 Å². The van der Waals surface area contributed by atoms with E-state index < -0.39 is 0 Å². The predicted molar refractivity (Wildman–Crippen MR) is 103 cm³/mol. The molecule has 3 rings (SSSR count). The number of benzene rings is 2. The largest absolute Gasteiger partial charge is 0.344 e. The first-order chi connectivity index (χ1) is 12.1. The summed E-state index contributed by atoms with van der Waals surface area (Å²) >= 11 is 2.87. The number of aromatic nitrogens is 2. The molecule has 6 heteroatoms. The number of hydrogen-bond acceptors (Lipinski definition) is 5. The number of hydrogen-bond donors (Lipinski definition) is 1. The van der Waals surface area contributed by atoms with E-state index in [-0.39, 0.29) is 17.2 Å². The van der Waals surface area contributed by atoms with Gasteiger partial charge in [0.05, 0.1) is 11.3 Å². The second kappa shape index (κ2) is 8.27. The molecule has 0 spiro atoms. The minimum Gasteiger partial charge on any atom is -0.344 e. The van der Waals surface area contributed by atoms with Crippen LogP contribution in [0.1, 0.15) is 29.7 Å². The molecule has 0 aliphatic heterocycles. The molecule has 0 bridgehead atoms. The van der Waals surface area contributed by atoms with Gasteiger partial charge in [-0.3, -0.25) is 4.79 Å². The Bertz CT molecular complexity index is 804. The monoisotopic (exact) mass is 369 g/mol. The maximum absolute atomic E-state index is 12.7. The van der Waals surface area contributed by atoms with Crippen molar-refractivity contribution in [1.82, 2.24) is 15.5 Å². The van der Waals surface area contributed by atoms with Gasteiger partial charge < -0.3 is 5.32 Å². The van der Waals surface area contributed by atoms with Gasteiger partial charge in [0.1, 0.15) is 5.51 Å². The average Bonchev–Trinajstić information content (AvgIpc) is 3.14. The van der Waals surface area contributed by atoms with E-state index in [0.29, 0.717) is 0 Å². The van der Waals surface area contributed by atoms with Crippen LogP contribution in [-0.2, 0) is 4.79 Å². The maximum Gasteiger partial charge on any atom is 0.234 e. The van der Waals surface area contributed by atoms with E-state index >= 15 is 0 Å². The lowest BCUT2D eigenvalue weighted by Gasteiger charge is -2.22. The van der Waals surface area contributed by atoms with E-state index in [1.165, 1.54) is 28.7 Å². The fraction of sp³-hybridized carbons (Fsp3) is 0.211. The molecule has 0 aliphatic rings. The summed E-state index contributed by atoms with van der Waals surface area (Å²) in [6.07, 6.45) is 0. The van der Waals surface area contributed by atoms with Crippen molar-refractivity contribution in [1.29, 1.82) is 0 Å². The van der Waals surface area contributed by atoms with E-state index in [1.807, 2.05) is 37.3 Å². The lowest BCUT2D eigenvalue weighted by molar-refractivity contribution is -0.120. The zero-order valence-corrected chi connectivity index (χ0v) is 15.7. The third kappa shape index (κ3) is 4.67. The van der Waals surface area contributed by atoms with Crippen molar-refractivity contribution >= 4 is 29.0 Å². The summed E-state index contributed by atoms with van der Waals surface area (Å²) in [6.45, 7) is 3.94. The van der Waals surface area contributed by atoms with Crippen LogP contribution in [0.2, 0.25) is 0 Å². The standard InChI is InChI=1S/C19H19N3OS2/c1-13-8-10-16(11-9-13)17(15-6-4-3-5-7-15)21-18(23)14(2)25-19-22-20-12-24-19/h3-12,14,17H,1-2H3,(H,21,23)/t14-,17+/m0/s1. The molecule has 0 unspecified atom stereocenters. The number of aryl methyl sites for hydroxylation is 1. The summed E-state index contributed by atoms with van der Waals surface area (Å²) in [7, 11) is 0. The molecular weight excluding hydrogens is 350 g/mol. The fourth-order valence-electron chi connectivity index (χ4n) is 2.44. The Hall–Kier alpha value is -2.18. The fourth-order valence-corrected chi connectivity index (χ4v) is 4.08. The predicted octanol–water partition coefficient (Wildman–Crippen LogP) is 4.23. The van der Waals surface area contributed by atoms with E-state index in [9.17, 15) is 4.79 Å². The highest BCUT2D eigenvalue weighted by molar-refractivity contribution is 8.02. The number of nitrogens with one attached hydrogen (secondary N) is 1. The van der Waals surface area contributed by atoms with Crippen LogP contribution in [0, 0.1) is 6.92 Å². The Kier molecular flexibility index (Phi) is 5.83. The molecule has 1 heterocycles. The van der Waals surface area contributed by atoms with Crippen LogP contribution in [0.25, 0.3) is 0 Å². The van der Waals surface area contributed by atoms with Crippen molar-refractivity contribution in [2.24, 2.45) is 0 Å². The highest BCUT2D eigenvalue weighted by Gasteiger charge is 2.22. The molecule has 4 nitrogen and oxygen atoms in total. The third-order valence-electron chi connectivity index (χ3n) is 3.82. The van der Waals surface area contributed by atoms with Crippen LogP contribution in [0.5, 0.6) is 0 Å². The first-order valence-electron chi connectivity index (χ1n) is 7.98. The molecule has 1 N–H and O–H groups in total. The van der Waals surface area contributed by atoms with Gasteiger partial charge in [-0.2, -0.15) is 0 Å². The molecule has 2 aromatic carbocycles. The van der Waals surface area contributed by atoms with Crippen molar-refractivity contribution in [3.8, 4) is 0 Å². The second-order valence-corrected chi connectivity index (χ2v) is 8.15. The van der Waals surface area contributed by atoms with Crippen molar-refractivity contribution in [2.45, 2.75) is 29.5 Å². The lowest BCUT2D eigenvalue weighted by Crippen LogP contribution is -2.34. The van der Waals surface area contributed by atoms with E-state index in [0.717, 1.165) is 15.5 Å². The zero-order chi connectivity index (χ0) is 17.6. The topological polar surface area (TPSA) is 54.9 Å². The Morgan fingerprint density at radius 3 is 2.40 bits per heavy atom. The molecule has 128 valence electrons. The molecular formula is C19H19N3OS2. The van der Waals surface area contributed by atoms with Gasteiger partial charge in [-0.1, -0.05) is 83.3 Å². The molecule has 0 saturated heterocycles. The summed E-state index contributed by atoms with van der Waals surface area (Å²) in [4.78, 5) is 12.7. The van der Waals surface area contributed by atoms with Gasteiger partial charge in [0.25, 0.3) is 0 Å². The van der Waals surface area contributed by atoms with Crippen molar-refractivity contribution in [3.63, 3.8) is 0 Å². The number of carbonyl (C=O) groups excluding carboxylic acids is 1. The van der Waals surface area contributed by atoms with E-state index in [4.69, 9.17) is 0 Å². The van der Waals surface area contributed by atoms with Crippen LogP contribution in [0.3, 0.4) is 0 Å². The smallest absolute Gasteiger partial charge is 0.234 e. The molecule has 0 saturated carbocycles. The minimum absolute atomic E-state index is 0.0189. The van der Waals surface area contributed by atoms with Crippen LogP contribution in [0.4, 0.5) is 0 Å². The average molecular weight is 370 g/mol. The number of nitrogens with zero attached hydrogens (tertiary/aromatic N) is 2. The number of amides is 1. The third-order valence-corrected chi connectivity index (χ3v) is 5.73. The van der Waals surface area contributed by atoms with Crippen molar-refractivity contribution in [3.05, 3.63) is 76.8 Å². The van der Waals surface area contributed by atoms with Crippen molar-refractivity contribution < 1.29 is 4.79 Å². The maximum atomic E-state index is 12.7. The minimum atomic E-state index is -0.246. The Balaban J connectivity index is 1.79. The Morgan fingerprint density at radius 2 is 1.76 bits per heavy atom. The van der Waals surface area contributed by atoms with Crippen molar-refractivity contribution in [2.75, 3.05) is 0 Å². The van der Waals surface area contributed by atoms with Gasteiger partial charge in [-0.15, -0.1) is 10.2 Å². The molecule has 2 atom stereocenters. The van der Waals surface area contributed by atoms with Crippen LogP contribution in [-0.4, -0.2) is 21.4 Å². The van der Waals surface area contributed by atoms with Gasteiger partial charge >= 0.3 is 0 Å². The van der Waals surface area contributed by atoms with Gasteiger partial charge in [0.2, 0.25) is 5.91 Å². The summed E-state index contributed by atoms with van der Waals surface area (Å²) < 4.78 is 0.800. The summed E-state index contributed by atoms with van der Waals surface area (Å²) in [6, 6.07) is 18.1. The zero-order valence-electron chi connectivity index (χ0n) is 14.0. The lowest BCUT2D eigenvalue weighted by atomic mass is 9.97. The van der Waals surface area contributed by atoms with Gasteiger partial charge in [-0.05, 0) is 25.0 Å². The van der Waals surface area contributed by atoms with Gasteiger partial charge in [0.15, 0.2) is 4.34 Å². The van der Waals surface area contributed by atoms with Gasteiger partial charge in [0, 0.05) is 0 Å². The van der Waals surface area contributed by atoms with E-state index in [2.05, 4.69) is 46.7 Å². The molecule has 1 aromatic heterocycles. The normalized spacial score (nSPS) is 13.2. The van der Waals surface area contributed by atoms with Crippen LogP contribution in [0.15, 0.2) is 64.4 Å². The quantitative estimate of drug-likeness (QED) is 0.661. The van der Waals surface area contributed by atoms with Crippen LogP contribution >= 0.6 is 23.1 Å².